The Morgan fingerprint density at radius 3 is 2.73 bits per heavy atom. The van der Waals surface area contributed by atoms with Crippen LogP contribution in [0.15, 0.2) is 29.4 Å². The molecular formula is C21H36IN7O. The van der Waals surface area contributed by atoms with Crippen LogP contribution in [0.25, 0.3) is 5.65 Å². The lowest BCUT2D eigenvalue weighted by Crippen LogP contribution is -2.51. The molecule has 0 radical (unpaired) electrons. The Morgan fingerprint density at radius 2 is 2.00 bits per heavy atom. The molecule has 2 N–H and O–H groups in total. The van der Waals surface area contributed by atoms with E-state index in [-0.39, 0.29) is 24.0 Å². The van der Waals surface area contributed by atoms with E-state index in [9.17, 15) is 0 Å². The first kappa shape index (κ1) is 24.8. The van der Waals surface area contributed by atoms with Gasteiger partial charge in [-0.1, -0.05) is 19.9 Å². The first-order chi connectivity index (χ1) is 14.2. The molecule has 2 aromatic rings. The third-order valence-electron chi connectivity index (χ3n) is 5.29. The minimum absolute atomic E-state index is 0. The van der Waals surface area contributed by atoms with Gasteiger partial charge < -0.3 is 15.4 Å². The quantitative estimate of drug-likeness (QED) is 0.225. The number of aliphatic imine (C=N–C) groups is 1. The average molecular weight is 529 g/mol. The van der Waals surface area contributed by atoms with Crippen LogP contribution in [0.5, 0.6) is 0 Å². The highest BCUT2D eigenvalue weighted by molar-refractivity contribution is 14.0. The van der Waals surface area contributed by atoms with Crippen LogP contribution in [0.4, 0.5) is 0 Å². The second-order valence-electron chi connectivity index (χ2n) is 7.96. The number of nitrogens with zero attached hydrogens (tertiary/aromatic N) is 5. The molecule has 1 saturated heterocycles. The molecule has 3 heterocycles. The summed E-state index contributed by atoms with van der Waals surface area (Å²) in [6.07, 6.45) is 5.03. The number of fused-ring (bicyclic) bond motifs is 1. The highest BCUT2D eigenvalue weighted by Crippen LogP contribution is 2.13. The molecule has 0 saturated carbocycles. The first-order valence-corrected chi connectivity index (χ1v) is 10.7. The molecule has 1 unspecified atom stereocenters. The van der Waals surface area contributed by atoms with Gasteiger partial charge in [-0.15, -0.1) is 34.2 Å². The van der Waals surface area contributed by atoms with Gasteiger partial charge in [-0.3, -0.25) is 14.3 Å². The zero-order valence-electron chi connectivity index (χ0n) is 18.4. The minimum Gasteiger partial charge on any atom is -0.379 e. The summed E-state index contributed by atoms with van der Waals surface area (Å²) in [5.41, 5.74) is 0.896. The molecule has 9 heteroatoms. The van der Waals surface area contributed by atoms with Crippen molar-refractivity contribution in [2.75, 3.05) is 46.4 Å². The normalized spacial score (nSPS) is 16.5. The van der Waals surface area contributed by atoms with Gasteiger partial charge in [-0.25, -0.2) is 0 Å². The molecule has 1 aliphatic heterocycles. The van der Waals surface area contributed by atoms with E-state index in [1.165, 1.54) is 6.42 Å². The van der Waals surface area contributed by atoms with Gasteiger partial charge in [0.05, 0.1) is 13.2 Å². The fraction of sp³-hybridized carbons (Fsp3) is 0.667. The smallest absolute Gasteiger partial charge is 0.191 e. The van der Waals surface area contributed by atoms with E-state index >= 15 is 0 Å². The molecule has 0 aromatic carbocycles. The van der Waals surface area contributed by atoms with Gasteiger partial charge in [0.15, 0.2) is 11.6 Å². The molecule has 0 bridgehead atoms. The van der Waals surface area contributed by atoms with E-state index in [2.05, 4.69) is 44.6 Å². The van der Waals surface area contributed by atoms with E-state index in [4.69, 9.17) is 4.74 Å². The summed E-state index contributed by atoms with van der Waals surface area (Å²) in [5, 5.41) is 15.5. The van der Waals surface area contributed by atoms with Crippen molar-refractivity contribution in [2.24, 2.45) is 10.9 Å². The number of pyridine rings is 1. The van der Waals surface area contributed by atoms with Crippen LogP contribution in [-0.4, -0.2) is 77.9 Å². The summed E-state index contributed by atoms with van der Waals surface area (Å²) in [6.45, 7) is 10.00. The number of hydrogen-bond donors (Lipinski definition) is 2. The molecule has 0 aliphatic carbocycles. The number of halogens is 1. The van der Waals surface area contributed by atoms with E-state index in [0.29, 0.717) is 12.0 Å². The van der Waals surface area contributed by atoms with Crippen molar-refractivity contribution in [1.82, 2.24) is 30.1 Å². The average Bonchev–Trinajstić information content (AvgIpc) is 3.16. The predicted octanol–water partition coefficient (Wildman–Crippen LogP) is 2.19. The highest BCUT2D eigenvalue weighted by atomic mass is 127. The summed E-state index contributed by atoms with van der Waals surface area (Å²) in [4.78, 5) is 6.93. The minimum atomic E-state index is 0. The molecule has 0 spiro atoms. The third kappa shape index (κ3) is 7.35. The van der Waals surface area contributed by atoms with Crippen molar-refractivity contribution in [2.45, 2.75) is 39.2 Å². The van der Waals surface area contributed by atoms with E-state index in [0.717, 1.165) is 69.7 Å². The molecule has 30 heavy (non-hydrogen) atoms. The topological polar surface area (TPSA) is 79.1 Å². The Balaban J connectivity index is 0.00000320. The molecule has 168 valence electrons. The van der Waals surface area contributed by atoms with Crippen LogP contribution >= 0.6 is 24.0 Å². The van der Waals surface area contributed by atoms with Crippen molar-refractivity contribution in [3.05, 3.63) is 30.2 Å². The molecule has 2 aromatic heterocycles. The number of hydrogen-bond acceptors (Lipinski definition) is 5. The van der Waals surface area contributed by atoms with E-state index < -0.39 is 0 Å². The number of nitrogens with one attached hydrogen (secondary N) is 2. The number of aryl methyl sites for hydroxylation is 1. The number of rotatable bonds is 9. The van der Waals surface area contributed by atoms with Gasteiger partial charge in [0.2, 0.25) is 0 Å². The monoisotopic (exact) mass is 529 g/mol. The van der Waals surface area contributed by atoms with Gasteiger partial charge in [0.1, 0.15) is 5.82 Å². The third-order valence-corrected chi connectivity index (χ3v) is 5.29. The van der Waals surface area contributed by atoms with Gasteiger partial charge in [0.25, 0.3) is 0 Å². The fourth-order valence-corrected chi connectivity index (χ4v) is 3.80. The summed E-state index contributed by atoms with van der Waals surface area (Å²) in [6, 6.07) is 6.46. The maximum Gasteiger partial charge on any atom is 0.191 e. The van der Waals surface area contributed by atoms with Crippen LogP contribution in [0, 0.1) is 5.92 Å². The summed E-state index contributed by atoms with van der Waals surface area (Å²) in [7, 11) is 1.83. The Morgan fingerprint density at radius 1 is 1.20 bits per heavy atom. The number of aromatic nitrogens is 3. The van der Waals surface area contributed by atoms with Gasteiger partial charge in [0, 0.05) is 51.9 Å². The van der Waals surface area contributed by atoms with E-state index in [1.54, 1.807) is 0 Å². The second-order valence-corrected chi connectivity index (χ2v) is 7.96. The molecule has 8 nitrogen and oxygen atoms in total. The summed E-state index contributed by atoms with van der Waals surface area (Å²) < 4.78 is 7.56. The zero-order valence-corrected chi connectivity index (χ0v) is 20.7. The molecule has 0 amide bonds. The predicted molar refractivity (Wildman–Crippen MR) is 132 cm³/mol. The lowest BCUT2D eigenvalue weighted by molar-refractivity contribution is 0.0132. The highest BCUT2D eigenvalue weighted by Gasteiger charge is 2.22. The zero-order chi connectivity index (χ0) is 20.5. The maximum absolute atomic E-state index is 5.52. The van der Waals surface area contributed by atoms with Crippen LogP contribution in [0.3, 0.4) is 0 Å². The maximum atomic E-state index is 5.52. The second kappa shape index (κ2) is 13.1. The summed E-state index contributed by atoms with van der Waals surface area (Å²) >= 11 is 0. The van der Waals surface area contributed by atoms with Crippen molar-refractivity contribution in [3.63, 3.8) is 0 Å². The lowest BCUT2D eigenvalue weighted by Gasteiger charge is -2.35. The van der Waals surface area contributed by atoms with Gasteiger partial charge >= 0.3 is 0 Å². The molecular weight excluding hydrogens is 493 g/mol. The van der Waals surface area contributed by atoms with Gasteiger partial charge in [-0.2, -0.15) is 0 Å². The Labute approximate surface area is 196 Å². The molecule has 1 fully saturated rings. The Kier molecular flexibility index (Phi) is 10.8. The van der Waals surface area contributed by atoms with Crippen molar-refractivity contribution >= 4 is 35.6 Å². The standard InChI is InChI=1S/C21H35N7O.HI/c1-17(2)15-18(27-11-13-29-14-12-27)16-24-21(22-3)23-9-6-8-20-26-25-19-7-4-5-10-28(19)20;/h4-5,7,10,17-18H,6,8-9,11-16H2,1-3H3,(H2,22,23,24);1H. The fourth-order valence-electron chi connectivity index (χ4n) is 3.80. The summed E-state index contributed by atoms with van der Waals surface area (Å²) in [5.74, 6) is 2.52. The van der Waals surface area contributed by atoms with Crippen LogP contribution in [0.1, 0.15) is 32.5 Å². The number of guanidine groups is 1. The molecule has 1 atom stereocenters. The van der Waals surface area contributed by atoms with Crippen molar-refractivity contribution in [1.29, 1.82) is 0 Å². The first-order valence-electron chi connectivity index (χ1n) is 10.7. The SMILES string of the molecule is CN=C(NCCCc1nnc2ccccn12)NCC(CC(C)C)N1CCOCC1.I. The Bertz CT molecular complexity index is 774. The van der Waals surface area contributed by atoms with Crippen LogP contribution in [-0.2, 0) is 11.2 Å². The number of morpholine rings is 1. The lowest BCUT2D eigenvalue weighted by atomic mass is 10.0. The molecule has 1 aliphatic rings. The van der Waals surface area contributed by atoms with Crippen LogP contribution < -0.4 is 10.6 Å². The van der Waals surface area contributed by atoms with E-state index in [1.807, 2.05) is 35.8 Å². The van der Waals surface area contributed by atoms with Crippen LogP contribution in [0.2, 0.25) is 0 Å². The largest absolute Gasteiger partial charge is 0.379 e. The van der Waals surface area contributed by atoms with Crippen molar-refractivity contribution in [3.8, 4) is 0 Å². The Hall–Kier alpha value is -1.46. The molecule has 3 rings (SSSR count). The van der Waals surface area contributed by atoms with Gasteiger partial charge in [-0.05, 0) is 30.9 Å². The van der Waals surface area contributed by atoms with Crippen molar-refractivity contribution < 1.29 is 4.74 Å². The number of ether oxygens (including phenoxy) is 1.